The van der Waals surface area contributed by atoms with Crippen LogP contribution in [-0.4, -0.2) is 58.3 Å². The van der Waals surface area contributed by atoms with Gasteiger partial charge in [-0.1, -0.05) is 0 Å². The Morgan fingerprint density at radius 2 is 2.13 bits per heavy atom. The predicted molar refractivity (Wildman–Crippen MR) is 79.8 cm³/mol. The van der Waals surface area contributed by atoms with Crippen LogP contribution >= 0.6 is 0 Å². The highest BCUT2D eigenvalue weighted by molar-refractivity contribution is 5.81. The molecule has 1 N–H and O–H groups in total. The van der Waals surface area contributed by atoms with Crippen molar-refractivity contribution in [3.8, 4) is 0 Å². The molecule has 0 saturated heterocycles. The van der Waals surface area contributed by atoms with E-state index >= 15 is 0 Å². The lowest BCUT2D eigenvalue weighted by Gasteiger charge is -2.10. The summed E-state index contributed by atoms with van der Waals surface area (Å²) < 4.78 is 11.3. The maximum absolute atomic E-state index is 11.9. The molecule has 0 unspecified atom stereocenters. The summed E-state index contributed by atoms with van der Waals surface area (Å²) in [6, 6.07) is 0. The number of carbonyl (C=O) groups is 2. The Labute approximate surface area is 133 Å². The van der Waals surface area contributed by atoms with Gasteiger partial charge in [0, 0.05) is 30.6 Å². The molecule has 9 nitrogen and oxygen atoms in total. The van der Waals surface area contributed by atoms with E-state index in [0.29, 0.717) is 30.2 Å². The van der Waals surface area contributed by atoms with E-state index in [-0.39, 0.29) is 18.9 Å². The Morgan fingerprint density at radius 1 is 1.35 bits per heavy atom. The number of nitrogens with one attached hydrogen (secondary N) is 1. The molecular formula is C14H19N5O4. The summed E-state index contributed by atoms with van der Waals surface area (Å²) in [6.45, 7) is 4.08. The average Bonchev–Trinajstić information content (AvgIpc) is 2.98. The van der Waals surface area contributed by atoms with Crippen LogP contribution in [0.25, 0.3) is 5.78 Å². The van der Waals surface area contributed by atoms with Gasteiger partial charge in [-0.2, -0.15) is 10.1 Å². The van der Waals surface area contributed by atoms with Crippen LogP contribution in [0.1, 0.15) is 17.0 Å². The van der Waals surface area contributed by atoms with Crippen molar-refractivity contribution in [1.82, 2.24) is 24.9 Å². The minimum Gasteiger partial charge on any atom is -0.455 e. The number of aryl methyl sites for hydroxylation is 2. The Morgan fingerprint density at radius 3 is 2.87 bits per heavy atom. The van der Waals surface area contributed by atoms with Crippen molar-refractivity contribution >= 4 is 17.7 Å². The minimum atomic E-state index is -0.501. The highest BCUT2D eigenvalue weighted by Gasteiger charge is 2.16. The third kappa shape index (κ3) is 4.22. The largest absolute Gasteiger partial charge is 0.455 e. The van der Waals surface area contributed by atoms with Crippen molar-refractivity contribution in [1.29, 1.82) is 0 Å². The summed E-state index contributed by atoms with van der Waals surface area (Å²) >= 11 is 0. The van der Waals surface area contributed by atoms with E-state index in [0.717, 1.165) is 5.69 Å². The number of nitrogens with zero attached hydrogens (tertiary/aromatic N) is 4. The van der Waals surface area contributed by atoms with E-state index in [1.165, 1.54) is 13.4 Å². The normalized spacial score (nSPS) is 10.7. The van der Waals surface area contributed by atoms with Gasteiger partial charge in [0.05, 0.1) is 13.0 Å². The van der Waals surface area contributed by atoms with Gasteiger partial charge in [-0.25, -0.2) is 9.50 Å². The Kier molecular flexibility index (Phi) is 5.58. The molecule has 9 heteroatoms. The van der Waals surface area contributed by atoms with E-state index in [9.17, 15) is 9.59 Å². The molecule has 0 aliphatic rings. The molecular weight excluding hydrogens is 302 g/mol. The smallest absolute Gasteiger partial charge is 0.310 e. The number of amides is 1. The van der Waals surface area contributed by atoms with Crippen molar-refractivity contribution in [2.24, 2.45) is 0 Å². The van der Waals surface area contributed by atoms with E-state index in [1.54, 1.807) is 11.4 Å². The van der Waals surface area contributed by atoms with Crippen LogP contribution in [-0.2, 0) is 25.5 Å². The Balaban J connectivity index is 1.94. The first-order valence-corrected chi connectivity index (χ1v) is 7.10. The van der Waals surface area contributed by atoms with Crippen LogP contribution < -0.4 is 5.32 Å². The average molecular weight is 321 g/mol. The summed E-state index contributed by atoms with van der Waals surface area (Å²) in [5.74, 6) is -0.386. The van der Waals surface area contributed by atoms with Gasteiger partial charge in [-0.05, 0) is 13.8 Å². The van der Waals surface area contributed by atoms with Crippen LogP contribution in [0.15, 0.2) is 6.33 Å². The van der Waals surface area contributed by atoms with Gasteiger partial charge in [0.2, 0.25) is 0 Å². The van der Waals surface area contributed by atoms with Gasteiger partial charge in [-0.3, -0.25) is 9.59 Å². The minimum absolute atomic E-state index is 0.0197. The monoisotopic (exact) mass is 321 g/mol. The fraction of sp³-hybridized carbons (Fsp3) is 0.500. The van der Waals surface area contributed by atoms with Crippen molar-refractivity contribution in [2.75, 3.05) is 26.9 Å². The van der Waals surface area contributed by atoms with Crippen LogP contribution in [0, 0.1) is 13.8 Å². The number of esters is 1. The lowest BCUT2D eigenvalue weighted by atomic mass is 10.1. The molecule has 23 heavy (non-hydrogen) atoms. The number of carbonyl (C=O) groups excluding carboxylic acids is 2. The third-order valence-corrected chi connectivity index (χ3v) is 3.30. The van der Waals surface area contributed by atoms with Crippen molar-refractivity contribution < 1.29 is 19.1 Å². The second-order valence-corrected chi connectivity index (χ2v) is 4.91. The van der Waals surface area contributed by atoms with Crippen LogP contribution in [0.2, 0.25) is 0 Å². The molecule has 2 rings (SSSR count). The van der Waals surface area contributed by atoms with Crippen LogP contribution in [0.3, 0.4) is 0 Å². The number of methoxy groups -OCH3 is 1. The van der Waals surface area contributed by atoms with Gasteiger partial charge in [-0.15, -0.1) is 0 Å². The lowest BCUT2D eigenvalue weighted by Crippen LogP contribution is -2.31. The van der Waals surface area contributed by atoms with Gasteiger partial charge in [0.1, 0.15) is 6.33 Å². The van der Waals surface area contributed by atoms with E-state index in [4.69, 9.17) is 9.47 Å². The fourth-order valence-electron chi connectivity index (χ4n) is 2.10. The molecule has 0 aliphatic carbocycles. The zero-order valence-corrected chi connectivity index (χ0v) is 13.3. The SMILES string of the molecule is COCCNC(=O)COC(=O)Cc1c(C)nc2ncnn2c1C. The molecule has 0 spiro atoms. The van der Waals surface area contributed by atoms with Crippen LogP contribution in [0.5, 0.6) is 0 Å². The fourth-order valence-corrected chi connectivity index (χ4v) is 2.10. The van der Waals surface area contributed by atoms with Crippen molar-refractivity contribution in [3.63, 3.8) is 0 Å². The Bertz CT molecular complexity index is 713. The second kappa shape index (κ2) is 7.63. The molecule has 2 heterocycles. The van der Waals surface area contributed by atoms with Crippen molar-refractivity contribution in [3.05, 3.63) is 23.3 Å². The molecule has 2 aromatic rings. The third-order valence-electron chi connectivity index (χ3n) is 3.30. The first-order chi connectivity index (χ1) is 11.0. The number of fused-ring (bicyclic) bond motifs is 1. The number of ether oxygens (including phenoxy) is 2. The molecule has 124 valence electrons. The molecule has 2 aromatic heterocycles. The summed E-state index contributed by atoms with van der Waals surface area (Å²) in [5.41, 5.74) is 2.17. The molecule has 0 radical (unpaired) electrons. The summed E-state index contributed by atoms with van der Waals surface area (Å²) in [7, 11) is 1.54. The summed E-state index contributed by atoms with van der Waals surface area (Å²) in [5, 5.41) is 6.63. The molecule has 0 fully saturated rings. The quantitative estimate of drug-likeness (QED) is 0.545. The van der Waals surface area contributed by atoms with Gasteiger partial charge in [0.15, 0.2) is 6.61 Å². The van der Waals surface area contributed by atoms with E-state index in [1.807, 2.05) is 6.92 Å². The first kappa shape index (κ1) is 16.8. The topological polar surface area (TPSA) is 108 Å². The molecule has 0 atom stereocenters. The highest BCUT2D eigenvalue weighted by atomic mass is 16.5. The highest BCUT2D eigenvalue weighted by Crippen LogP contribution is 2.13. The lowest BCUT2D eigenvalue weighted by molar-refractivity contribution is -0.147. The van der Waals surface area contributed by atoms with E-state index in [2.05, 4.69) is 20.4 Å². The maximum atomic E-state index is 11.9. The molecule has 0 aliphatic heterocycles. The predicted octanol–water partition coefficient (Wildman–Crippen LogP) is -0.411. The maximum Gasteiger partial charge on any atom is 0.310 e. The second-order valence-electron chi connectivity index (χ2n) is 4.91. The number of hydrogen-bond donors (Lipinski definition) is 1. The number of aromatic nitrogens is 4. The van der Waals surface area contributed by atoms with Gasteiger partial charge < -0.3 is 14.8 Å². The van der Waals surface area contributed by atoms with E-state index < -0.39 is 5.97 Å². The zero-order valence-electron chi connectivity index (χ0n) is 13.3. The number of rotatable bonds is 7. The molecule has 0 bridgehead atoms. The zero-order chi connectivity index (χ0) is 16.8. The first-order valence-electron chi connectivity index (χ1n) is 7.10. The van der Waals surface area contributed by atoms with Crippen LogP contribution in [0.4, 0.5) is 0 Å². The number of hydrogen-bond acceptors (Lipinski definition) is 7. The molecule has 1 amide bonds. The Hall–Kier alpha value is -2.55. The van der Waals surface area contributed by atoms with Gasteiger partial charge in [0.25, 0.3) is 11.7 Å². The van der Waals surface area contributed by atoms with Gasteiger partial charge >= 0.3 is 5.97 Å². The molecule has 0 aromatic carbocycles. The molecule has 0 saturated carbocycles. The standard InChI is InChI=1S/C14H19N5O4/c1-9-11(10(2)19-14(18-9)16-8-17-19)6-13(21)23-7-12(20)15-4-5-22-3/h8H,4-7H2,1-3H3,(H,15,20). The summed E-state index contributed by atoms with van der Waals surface area (Å²) in [4.78, 5) is 31.7. The summed E-state index contributed by atoms with van der Waals surface area (Å²) in [6.07, 6.45) is 1.42. The van der Waals surface area contributed by atoms with Crippen molar-refractivity contribution in [2.45, 2.75) is 20.3 Å².